The fraction of sp³-hybridized carbons (Fsp3) is 0.364. The molecule has 2 aromatic heterocycles. The van der Waals surface area contributed by atoms with Gasteiger partial charge in [0.25, 0.3) is 0 Å². The number of aryl methyl sites for hydroxylation is 1. The number of pyridine rings is 1. The first-order valence-electron chi connectivity index (χ1n) is 5.67. The number of H-pyrrole nitrogens is 1. The molecule has 0 spiro atoms. The monoisotopic (exact) mass is 246 g/mol. The van der Waals surface area contributed by atoms with Gasteiger partial charge in [-0.3, -0.25) is 9.78 Å². The predicted molar refractivity (Wildman–Crippen MR) is 63.3 cm³/mol. The van der Waals surface area contributed by atoms with Crippen molar-refractivity contribution in [3.05, 3.63) is 35.9 Å². The number of hydrogen-bond acceptors (Lipinski definition) is 5. The van der Waals surface area contributed by atoms with Gasteiger partial charge in [-0.15, -0.1) is 10.2 Å². The average molecular weight is 246 g/mol. The number of hydrogen-bond donors (Lipinski definition) is 2. The highest BCUT2D eigenvalue weighted by molar-refractivity contribution is 5.76. The van der Waals surface area contributed by atoms with E-state index in [-0.39, 0.29) is 11.9 Å². The largest absolute Gasteiger partial charge is 0.346 e. The van der Waals surface area contributed by atoms with Crippen molar-refractivity contribution in [1.29, 1.82) is 0 Å². The van der Waals surface area contributed by atoms with E-state index in [4.69, 9.17) is 0 Å². The normalized spacial score (nSPS) is 12.1. The van der Waals surface area contributed by atoms with Crippen molar-refractivity contribution in [2.75, 3.05) is 0 Å². The standard InChI is InChI=1S/C11H14N6O/c1-8(11-14-16-17-15-11)13-10(18)3-2-9-4-6-12-7-5-9/h4-8H,2-3H2,1H3,(H,13,18)(H,14,15,16,17). The maximum absolute atomic E-state index is 11.7. The van der Waals surface area contributed by atoms with Crippen LogP contribution in [0.15, 0.2) is 24.5 Å². The van der Waals surface area contributed by atoms with Crippen molar-refractivity contribution in [3.63, 3.8) is 0 Å². The third-order valence-corrected chi connectivity index (χ3v) is 2.52. The molecular weight excluding hydrogens is 232 g/mol. The van der Waals surface area contributed by atoms with Gasteiger partial charge >= 0.3 is 0 Å². The summed E-state index contributed by atoms with van der Waals surface area (Å²) < 4.78 is 0. The zero-order valence-electron chi connectivity index (χ0n) is 10.00. The highest BCUT2D eigenvalue weighted by Gasteiger charge is 2.12. The minimum atomic E-state index is -0.242. The second-order valence-electron chi connectivity index (χ2n) is 3.91. The zero-order valence-corrected chi connectivity index (χ0v) is 10.00. The summed E-state index contributed by atoms with van der Waals surface area (Å²) in [7, 11) is 0. The number of nitrogens with zero attached hydrogens (tertiary/aromatic N) is 4. The highest BCUT2D eigenvalue weighted by atomic mass is 16.1. The minimum Gasteiger partial charge on any atom is -0.346 e. The van der Waals surface area contributed by atoms with Crippen LogP contribution in [0.2, 0.25) is 0 Å². The van der Waals surface area contributed by atoms with Gasteiger partial charge in [-0.05, 0) is 31.0 Å². The van der Waals surface area contributed by atoms with Crippen LogP contribution < -0.4 is 5.32 Å². The first kappa shape index (κ1) is 12.2. The third kappa shape index (κ3) is 3.34. The molecule has 7 nitrogen and oxygen atoms in total. The van der Waals surface area contributed by atoms with Crippen LogP contribution in [0.4, 0.5) is 0 Å². The van der Waals surface area contributed by atoms with E-state index in [0.29, 0.717) is 18.7 Å². The molecule has 0 aliphatic rings. The van der Waals surface area contributed by atoms with Gasteiger partial charge < -0.3 is 5.32 Å². The number of tetrazole rings is 1. The zero-order chi connectivity index (χ0) is 12.8. The lowest BCUT2D eigenvalue weighted by Gasteiger charge is -2.09. The molecule has 0 saturated carbocycles. The van der Waals surface area contributed by atoms with E-state index in [1.54, 1.807) is 12.4 Å². The van der Waals surface area contributed by atoms with E-state index in [1.807, 2.05) is 19.1 Å². The Labute approximate surface area is 104 Å². The summed E-state index contributed by atoms with van der Waals surface area (Å²) in [6.45, 7) is 1.81. The van der Waals surface area contributed by atoms with Crippen LogP contribution in [-0.4, -0.2) is 31.5 Å². The van der Waals surface area contributed by atoms with Crippen molar-refractivity contribution in [3.8, 4) is 0 Å². The first-order chi connectivity index (χ1) is 8.75. The highest BCUT2D eigenvalue weighted by Crippen LogP contribution is 2.05. The molecule has 2 heterocycles. The van der Waals surface area contributed by atoms with E-state index in [9.17, 15) is 4.79 Å². The molecule has 2 rings (SSSR count). The molecule has 1 amide bonds. The van der Waals surface area contributed by atoms with Crippen molar-refractivity contribution >= 4 is 5.91 Å². The summed E-state index contributed by atoms with van der Waals surface area (Å²) in [5, 5.41) is 16.3. The summed E-state index contributed by atoms with van der Waals surface area (Å²) in [6, 6.07) is 3.56. The van der Waals surface area contributed by atoms with Crippen LogP contribution in [-0.2, 0) is 11.2 Å². The van der Waals surface area contributed by atoms with Crippen LogP contribution in [0.25, 0.3) is 0 Å². The Morgan fingerprint density at radius 2 is 2.22 bits per heavy atom. The van der Waals surface area contributed by atoms with Gasteiger partial charge in [0.2, 0.25) is 5.91 Å². The summed E-state index contributed by atoms with van der Waals surface area (Å²) >= 11 is 0. The van der Waals surface area contributed by atoms with Crippen molar-refractivity contribution < 1.29 is 4.79 Å². The topological polar surface area (TPSA) is 96.5 Å². The molecule has 2 aromatic rings. The number of carbonyl (C=O) groups excluding carboxylic acids is 1. The van der Waals surface area contributed by atoms with Crippen molar-refractivity contribution in [2.45, 2.75) is 25.8 Å². The maximum Gasteiger partial charge on any atom is 0.220 e. The lowest BCUT2D eigenvalue weighted by molar-refractivity contribution is -0.121. The van der Waals surface area contributed by atoms with Crippen molar-refractivity contribution in [1.82, 2.24) is 30.9 Å². The Morgan fingerprint density at radius 1 is 1.44 bits per heavy atom. The molecule has 0 fully saturated rings. The van der Waals surface area contributed by atoms with Gasteiger partial charge in [0, 0.05) is 18.8 Å². The Bertz CT molecular complexity index is 483. The molecule has 1 unspecified atom stereocenters. The Hall–Kier alpha value is -2.31. The molecule has 0 aliphatic heterocycles. The molecule has 2 N–H and O–H groups in total. The summed E-state index contributed by atoms with van der Waals surface area (Å²) in [5.74, 6) is 0.441. The van der Waals surface area contributed by atoms with Gasteiger partial charge in [-0.2, -0.15) is 5.21 Å². The molecule has 0 aliphatic carbocycles. The number of carbonyl (C=O) groups is 1. The van der Waals surface area contributed by atoms with Crippen molar-refractivity contribution in [2.24, 2.45) is 0 Å². The Morgan fingerprint density at radius 3 is 2.89 bits per heavy atom. The lowest BCUT2D eigenvalue weighted by atomic mass is 10.1. The van der Waals surface area contributed by atoms with Gasteiger partial charge in [-0.25, -0.2) is 0 Å². The van der Waals surface area contributed by atoms with Crippen LogP contribution in [0.3, 0.4) is 0 Å². The molecule has 0 bridgehead atoms. The first-order valence-corrected chi connectivity index (χ1v) is 5.67. The van der Waals surface area contributed by atoms with Crippen LogP contribution in [0.5, 0.6) is 0 Å². The number of amides is 1. The van der Waals surface area contributed by atoms with Gasteiger partial charge in [0.15, 0.2) is 5.82 Å². The third-order valence-electron chi connectivity index (χ3n) is 2.52. The number of rotatable bonds is 5. The van der Waals surface area contributed by atoms with E-state index in [0.717, 1.165) is 5.56 Å². The predicted octanol–water partition coefficient (Wildman–Crippen LogP) is 0.405. The molecule has 18 heavy (non-hydrogen) atoms. The van der Waals surface area contributed by atoms with Gasteiger partial charge in [-0.1, -0.05) is 5.21 Å². The Kier molecular flexibility index (Phi) is 3.95. The molecule has 94 valence electrons. The Balaban J connectivity index is 1.79. The number of aromatic nitrogens is 5. The average Bonchev–Trinajstić information content (AvgIpc) is 2.91. The summed E-state index contributed by atoms with van der Waals surface area (Å²) in [6.07, 6.45) is 4.55. The van der Waals surface area contributed by atoms with Gasteiger partial charge in [0.1, 0.15) is 0 Å². The van der Waals surface area contributed by atoms with Crippen LogP contribution in [0.1, 0.15) is 30.8 Å². The van der Waals surface area contributed by atoms with E-state index >= 15 is 0 Å². The van der Waals surface area contributed by atoms with E-state index < -0.39 is 0 Å². The smallest absolute Gasteiger partial charge is 0.220 e. The van der Waals surface area contributed by atoms with Gasteiger partial charge in [0.05, 0.1) is 6.04 Å². The second-order valence-corrected chi connectivity index (χ2v) is 3.91. The SMILES string of the molecule is CC(NC(=O)CCc1ccncc1)c1nn[nH]n1. The summed E-state index contributed by atoms with van der Waals surface area (Å²) in [5.41, 5.74) is 1.09. The van der Waals surface area contributed by atoms with E-state index in [1.165, 1.54) is 0 Å². The van der Waals surface area contributed by atoms with E-state index in [2.05, 4.69) is 30.9 Å². The molecule has 0 saturated heterocycles. The maximum atomic E-state index is 11.7. The summed E-state index contributed by atoms with van der Waals surface area (Å²) in [4.78, 5) is 15.6. The molecule has 1 atom stereocenters. The number of aromatic amines is 1. The molecular formula is C11H14N6O. The minimum absolute atomic E-state index is 0.0379. The lowest BCUT2D eigenvalue weighted by Crippen LogP contribution is -2.27. The van der Waals surface area contributed by atoms with Crippen LogP contribution in [0, 0.1) is 0 Å². The second kappa shape index (κ2) is 5.85. The number of nitrogens with one attached hydrogen (secondary N) is 2. The molecule has 7 heteroatoms. The fourth-order valence-electron chi connectivity index (χ4n) is 1.54. The molecule has 0 aromatic carbocycles. The van der Waals surface area contributed by atoms with Crippen LogP contribution >= 0.6 is 0 Å². The fourth-order valence-corrected chi connectivity index (χ4v) is 1.54. The quantitative estimate of drug-likeness (QED) is 0.796. The molecule has 0 radical (unpaired) electrons.